The maximum atomic E-state index is 12.9. The standard InChI is InChI=1S/C23H22F2N4O5/c1-28-18-21(29(11-15(30)19(24)25)23(32)27-22(18)31)26-20(28)14-8-9-16(17(10-14)33-2)34-12-13-6-4-3-5-7-13/h3-10,15,19,30H,11-12H2,1-2H3,(H,27,31,32). The number of aliphatic hydroxyl groups is 1. The maximum absolute atomic E-state index is 12.9. The second-order valence-electron chi connectivity index (χ2n) is 7.58. The number of aryl methyl sites for hydroxylation is 1. The molecule has 0 bridgehead atoms. The average Bonchev–Trinajstić information content (AvgIpc) is 3.18. The van der Waals surface area contributed by atoms with E-state index in [9.17, 15) is 23.5 Å². The van der Waals surface area contributed by atoms with Gasteiger partial charge in [0, 0.05) is 12.6 Å². The average molecular weight is 472 g/mol. The number of fused-ring (bicyclic) bond motifs is 1. The lowest BCUT2D eigenvalue weighted by atomic mass is 10.2. The summed E-state index contributed by atoms with van der Waals surface area (Å²) in [6, 6.07) is 14.6. The van der Waals surface area contributed by atoms with Crippen molar-refractivity contribution in [3.05, 3.63) is 74.9 Å². The van der Waals surface area contributed by atoms with Crippen molar-refractivity contribution >= 4 is 11.2 Å². The first-order valence-electron chi connectivity index (χ1n) is 10.3. The van der Waals surface area contributed by atoms with Crippen molar-refractivity contribution in [3.63, 3.8) is 0 Å². The highest BCUT2D eigenvalue weighted by Crippen LogP contribution is 2.33. The molecule has 0 saturated carbocycles. The molecule has 0 spiro atoms. The predicted molar refractivity (Wildman–Crippen MR) is 120 cm³/mol. The molecule has 34 heavy (non-hydrogen) atoms. The number of nitrogens with one attached hydrogen (secondary N) is 1. The molecule has 4 aromatic rings. The van der Waals surface area contributed by atoms with E-state index in [4.69, 9.17) is 9.47 Å². The van der Waals surface area contributed by atoms with Gasteiger partial charge in [0.1, 0.15) is 18.5 Å². The van der Waals surface area contributed by atoms with Crippen molar-refractivity contribution in [3.8, 4) is 22.9 Å². The minimum Gasteiger partial charge on any atom is -0.493 e. The molecule has 9 nitrogen and oxygen atoms in total. The van der Waals surface area contributed by atoms with Crippen LogP contribution in [0.5, 0.6) is 11.5 Å². The number of alkyl halides is 2. The number of aromatic amines is 1. The summed E-state index contributed by atoms with van der Waals surface area (Å²) in [5, 5.41) is 9.59. The molecule has 0 aliphatic carbocycles. The topological polar surface area (TPSA) is 111 Å². The Kier molecular flexibility index (Phi) is 6.46. The number of rotatable bonds is 8. The van der Waals surface area contributed by atoms with Gasteiger partial charge in [-0.25, -0.2) is 18.6 Å². The lowest BCUT2D eigenvalue weighted by molar-refractivity contribution is -0.0136. The molecule has 2 N–H and O–H groups in total. The van der Waals surface area contributed by atoms with Gasteiger partial charge in [0.15, 0.2) is 22.7 Å². The highest BCUT2D eigenvalue weighted by molar-refractivity contribution is 5.77. The van der Waals surface area contributed by atoms with E-state index >= 15 is 0 Å². The van der Waals surface area contributed by atoms with E-state index < -0.39 is 30.3 Å². The van der Waals surface area contributed by atoms with Gasteiger partial charge in [-0.15, -0.1) is 0 Å². The molecule has 1 unspecified atom stereocenters. The Bertz CT molecular complexity index is 1430. The second kappa shape index (κ2) is 9.48. The number of H-pyrrole nitrogens is 1. The zero-order chi connectivity index (χ0) is 24.4. The molecule has 0 radical (unpaired) electrons. The number of imidazole rings is 1. The normalized spacial score (nSPS) is 12.3. The molecule has 2 heterocycles. The summed E-state index contributed by atoms with van der Waals surface area (Å²) in [6.07, 6.45) is -5.16. The van der Waals surface area contributed by atoms with Crippen LogP contribution in [0.3, 0.4) is 0 Å². The molecule has 11 heteroatoms. The van der Waals surface area contributed by atoms with Gasteiger partial charge in [-0.1, -0.05) is 30.3 Å². The Morgan fingerprint density at radius 1 is 1.12 bits per heavy atom. The van der Waals surface area contributed by atoms with Gasteiger partial charge >= 0.3 is 5.69 Å². The number of hydrogen-bond donors (Lipinski definition) is 2. The Hall–Kier alpha value is -3.99. The SMILES string of the molecule is COc1cc(-c2nc3c(c(=O)[nH]c(=O)n3CC(O)C(F)F)n2C)ccc1OCc1ccccc1. The quantitative estimate of drug-likeness (QED) is 0.407. The lowest BCUT2D eigenvalue weighted by Gasteiger charge is -2.12. The first kappa shape index (κ1) is 23.2. The summed E-state index contributed by atoms with van der Waals surface area (Å²) in [7, 11) is 3.04. The molecule has 2 aromatic carbocycles. The van der Waals surface area contributed by atoms with Gasteiger partial charge in [0.05, 0.1) is 13.7 Å². The van der Waals surface area contributed by atoms with Gasteiger partial charge in [0.2, 0.25) is 0 Å². The van der Waals surface area contributed by atoms with E-state index in [0.29, 0.717) is 29.5 Å². The van der Waals surface area contributed by atoms with Crippen molar-refractivity contribution in [1.29, 1.82) is 0 Å². The van der Waals surface area contributed by atoms with Crippen LogP contribution in [0.2, 0.25) is 0 Å². The van der Waals surface area contributed by atoms with E-state index in [1.807, 2.05) is 30.3 Å². The van der Waals surface area contributed by atoms with Crippen molar-refractivity contribution in [2.75, 3.05) is 7.11 Å². The number of methoxy groups -OCH3 is 1. The molecule has 0 amide bonds. The molecule has 0 aliphatic heterocycles. The highest BCUT2D eigenvalue weighted by Gasteiger charge is 2.23. The van der Waals surface area contributed by atoms with Gasteiger partial charge in [-0.3, -0.25) is 14.3 Å². The lowest BCUT2D eigenvalue weighted by Crippen LogP contribution is -2.36. The van der Waals surface area contributed by atoms with E-state index in [1.54, 1.807) is 25.2 Å². The van der Waals surface area contributed by atoms with Crippen molar-refractivity contribution < 1.29 is 23.4 Å². The monoisotopic (exact) mass is 472 g/mol. The summed E-state index contributed by atoms with van der Waals surface area (Å²) in [5.74, 6) is 1.20. The van der Waals surface area contributed by atoms with E-state index in [1.165, 1.54) is 11.7 Å². The van der Waals surface area contributed by atoms with E-state index in [2.05, 4.69) is 9.97 Å². The summed E-state index contributed by atoms with van der Waals surface area (Å²) in [6.45, 7) is -0.396. The summed E-state index contributed by atoms with van der Waals surface area (Å²) in [5.41, 5.74) is -0.265. The Balaban J connectivity index is 1.74. The summed E-state index contributed by atoms with van der Waals surface area (Å²) in [4.78, 5) is 31.2. The van der Waals surface area contributed by atoms with Crippen LogP contribution in [-0.2, 0) is 20.2 Å². The Morgan fingerprint density at radius 3 is 2.53 bits per heavy atom. The largest absolute Gasteiger partial charge is 0.493 e. The fourth-order valence-electron chi connectivity index (χ4n) is 3.60. The number of aromatic nitrogens is 4. The molecule has 2 aromatic heterocycles. The molecule has 0 saturated heterocycles. The summed E-state index contributed by atoms with van der Waals surface area (Å²) >= 11 is 0. The van der Waals surface area contributed by atoms with Crippen molar-refractivity contribution in [2.24, 2.45) is 7.05 Å². The van der Waals surface area contributed by atoms with E-state index in [0.717, 1.165) is 10.1 Å². The second-order valence-corrected chi connectivity index (χ2v) is 7.58. The van der Waals surface area contributed by atoms with Gasteiger partial charge in [-0.05, 0) is 23.8 Å². The highest BCUT2D eigenvalue weighted by atomic mass is 19.3. The number of hydrogen-bond acceptors (Lipinski definition) is 6. The van der Waals surface area contributed by atoms with Crippen molar-refractivity contribution in [1.82, 2.24) is 19.1 Å². The van der Waals surface area contributed by atoms with Crippen LogP contribution in [0, 0.1) is 0 Å². The number of nitrogens with zero attached hydrogens (tertiary/aromatic N) is 3. The molecule has 178 valence electrons. The predicted octanol–water partition coefficient (Wildman–Crippen LogP) is 2.30. The zero-order valence-corrected chi connectivity index (χ0v) is 18.4. The third-order valence-electron chi connectivity index (χ3n) is 5.33. The third kappa shape index (κ3) is 4.42. The molecule has 0 aliphatic rings. The summed E-state index contributed by atoms with van der Waals surface area (Å²) < 4.78 is 39.3. The van der Waals surface area contributed by atoms with Crippen LogP contribution in [0.4, 0.5) is 8.78 Å². The Morgan fingerprint density at radius 2 is 1.85 bits per heavy atom. The Labute approximate surface area is 191 Å². The minimum atomic E-state index is -3.07. The van der Waals surface area contributed by atoms with Gasteiger partial charge in [-0.2, -0.15) is 0 Å². The van der Waals surface area contributed by atoms with Gasteiger partial charge < -0.3 is 19.1 Å². The fourth-order valence-corrected chi connectivity index (χ4v) is 3.60. The molecule has 4 rings (SSSR count). The van der Waals surface area contributed by atoms with Crippen LogP contribution in [0.1, 0.15) is 5.56 Å². The van der Waals surface area contributed by atoms with Gasteiger partial charge in [0.25, 0.3) is 12.0 Å². The van der Waals surface area contributed by atoms with Crippen LogP contribution < -0.4 is 20.7 Å². The molecular formula is C23H22F2N4O5. The molecule has 1 atom stereocenters. The number of benzene rings is 2. The van der Waals surface area contributed by atoms with E-state index in [-0.39, 0.29) is 11.2 Å². The van der Waals surface area contributed by atoms with Crippen LogP contribution in [0.15, 0.2) is 58.1 Å². The zero-order valence-electron chi connectivity index (χ0n) is 18.4. The number of aliphatic hydroxyl groups excluding tert-OH is 1. The fraction of sp³-hybridized carbons (Fsp3) is 0.261. The van der Waals surface area contributed by atoms with Crippen molar-refractivity contribution in [2.45, 2.75) is 25.7 Å². The molecule has 0 fully saturated rings. The third-order valence-corrected chi connectivity index (χ3v) is 5.33. The first-order valence-corrected chi connectivity index (χ1v) is 10.3. The maximum Gasteiger partial charge on any atom is 0.330 e. The van der Waals surface area contributed by atoms with Crippen LogP contribution in [-0.4, -0.2) is 43.8 Å². The van der Waals surface area contributed by atoms with Crippen LogP contribution in [0.25, 0.3) is 22.6 Å². The first-order chi connectivity index (χ1) is 16.3. The molecular weight excluding hydrogens is 450 g/mol. The number of ether oxygens (including phenoxy) is 2. The van der Waals surface area contributed by atoms with Crippen LogP contribution >= 0.6 is 0 Å². The minimum absolute atomic E-state index is 0.000521. The number of halogens is 2. The smallest absolute Gasteiger partial charge is 0.330 e.